The van der Waals surface area contributed by atoms with Crippen molar-refractivity contribution in [2.45, 2.75) is 32.2 Å². The monoisotopic (exact) mass is 301 g/mol. The van der Waals surface area contributed by atoms with Crippen LogP contribution < -0.4 is 10.1 Å². The molecule has 0 saturated carbocycles. The number of halogens is 2. The molecule has 1 saturated heterocycles. The molecule has 1 N–H and O–H groups in total. The molecule has 1 atom stereocenters. The van der Waals surface area contributed by atoms with Crippen molar-refractivity contribution < 1.29 is 9.53 Å². The molecule has 19 heavy (non-hydrogen) atoms. The number of benzene rings is 1. The Kier molecular flexibility index (Phi) is 5.08. The molecule has 1 aliphatic rings. The summed E-state index contributed by atoms with van der Waals surface area (Å²) in [4.78, 5) is 12.3. The lowest BCUT2D eigenvalue weighted by molar-refractivity contribution is 0.0952. The van der Waals surface area contributed by atoms with E-state index in [1.807, 2.05) is 6.92 Å². The van der Waals surface area contributed by atoms with Gasteiger partial charge in [-0.3, -0.25) is 4.79 Å². The molecule has 0 amide bonds. The molecule has 0 bridgehead atoms. The number of carbonyl (C=O) groups is 1. The van der Waals surface area contributed by atoms with Crippen molar-refractivity contribution in [1.82, 2.24) is 5.32 Å². The van der Waals surface area contributed by atoms with Crippen molar-refractivity contribution in [3.8, 4) is 5.75 Å². The summed E-state index contributed by atoms with van der Waals surface area (Å²) >= 11 is 12.3. The van der Waals surface area contributed by atoms with Gasteiger partial charge in [-0.2, -0.15) is 0 Å². The lowest BCUT2D eigenvalue weighted by atomic mass is 10.0. The lowest BCUT2D eigenvalue weighted by Crippen LogP contribution is -2.30. The molecule has 1 unspecified atom stereocenters. The summed E-state index contributed by atoms with van der Waals surface area (Å²) in [6, 6.07) is 3.16. The van der Waals surface area contributed by atoms with Crippen molar-refractivity contribution in [2.75, 3.05) is 13.2 Å². The van der Waals surface area contributed by atoms with Crippen LogP contribution in [0, 0.1) is 0 Å². The number of nitrogens with one attached hydrogen (secondary N) is 1. The first-order valence-corrected chi connectivity index (χ1v) is 7.28. The third-order valence-electron chi connectivity index (χ3n) is 3.11. The van der Waals surface area contributed by atoms with Crippen LogP contribution >= 0.6 is 23.2 Å². The Morgan fingerprint density at radius 2 is 2.11 bits per heavy atom. The summed E-state index contributed by atoms with van der Waals surface area (Å²) in [7, 11) is 0. The Morgan fingerprint density at radius 1 is 1.42 bits per heavy atom. The Morgan fingerprint density at radius 3 is 2.63 bits per heavy atom. The molecule has 1 heterocycles. The summed E-state index contributed by atoms with van der Waals surface area (Å²) < 4.78 is 5.49. The molecule has 0 spiro atoms. The normalized spacial score (nSPS) is 18.6. The van der Waals surface area contributed by atoms with Crippen LogP contribution in [0.4, 0.5) is 0 Å². The fourth-order valence-electron chi connectivity index (χ4n) is 2.15. The van der Waals surface area contributed by atoms with Gasteiger partial charge < -0.3 is 10.1 Å². The van der Waals surface area contributed by atoms with Crippen LogP contribution in [0.1, 0.15) is 36.5 Å². The van der Waals surface area contributed by atoms with E-state index in [1.54, 1.807) is 12.1 Å². The maximum absolute atomic E-state index is 12.3. The Bertz CT molecular complexity index is 448. The molecular formula is C14H17Cl2NO2. The molecule has 2 rings (SSSR count). The van der Waals surface area contributed by atoms with Crippen LogP contribution in [-0.4, -0.2) is 25.0 Å². The van der Waals surface area contributed by atoms with Gasteiger partial charge in [-0.05, 0) is 37.9 Å². The number of carbonyl (C=O) groups excluding carboxylic acids is 1. The van der Waals surface area contributed by atoms with E-state index in [9.17, 15) is 4.79 Å². The SMILES string of the molecule is CCCOc1c(Cl)cc(C(=O)C2CCCN2)cc1Cl. The number of Topliss-reactive ketones (excluding diaryl/α,β-unsaturated/α-hetero) is 1. The number of hydrogen-bond acceptors (Lipinski definition) is 3. The van der Waals surface area contributed by atoms with E-state index < -0.39 is 0 Å². The van der Waals surface area contributed by atoms with E-state index in [1.165, 1.54) is 0 Å². The minimum Gasteiger partial charge on any atom is -0.490 e. The summed E-state index contributed by atoms with van der Waals surface area (Å²) in [6.07, 6.45) is 2.76. The third kappa shape index (κ3) is 3.41. The van der Waals surface area contributed by atoms with Crippen molar-refractivity contribution in [3.63, 3.8) is 0 Å². The minimum absolute atomic E-state index is 0.0448. The van der Waals surface area contributed by atoms with Crippen LogP contribution in [0.25, 0.3) is 0 Å². The zero-order valence-electron chi connectivity index (χ0n) is 10.8. The first kappa shape index (κ1) is 14.6. The van der Waals surface area contributed by atoms with E-state index in [4.69, 9.17) is 27.9 Å². The predicted molar refractivity (Wildman–Crippen MR) is 77.6 cm³/mol. The highest BCUT2D eigenvalue weighted by Gasteiger charge is 2.24. The Balaban J connectivity index is 2.21. The van der Waals surface area contributed by atoms with E-state index in [0.29, 0.717) is 28.0 Å². The van der Waals surface area contributed by atoms with Crippen molar-refractivity contribution in [2.24, 2.45) is 0 Å². The zero-order chi connectivity index (χ0) is 13.8. The number of rotatable bonds is 5. The first-order valence-electron chi connectivity index (χ1n) is 6.53. The standard InChI is InChI=1S/C14H17Cl2NO2/c1-2-6-19-14-10(15)7-9(8-11(14)16)13(18)12-4-3-5-17-12/h7-8,12,17H,2-6H2,1H3. The molecule has 1 aliphatic heterocycles. The first-order chi connectivity index (χ1) is 9.13. The minimum atomic E-state index is -0.116. The summed E-state index contributed by atoms with van der Waals surface area (Å²) in [5.41, 5.74) is 0.540. The van der Waals surface area contributed by atoms with Gasteiger partial charge in [0.2, 0.25) is 0 Å². The van der Waals surface area contributed by atoms with Gasteiger partial charge in [-0.1, -0.05) is 30.1 Å². The van der Waals surface area contributed by atoms with Crippen LogP contribution in [0.15, 0.2) is 12.1 Å². The van der Waals surface area contributed by atoms with Crippen LogP contribution in [0.5, 0.6) is 5.75 Å². The molecule has 0 radical (unpaired) electrons. The molecule has 104 valence electrons. The smallest absolute Gasteiger partial charge is 0.179 e. The van der Waals surface area contributed by atoms with Gasteiger partial charge in [0, 0.05) is 5.56 Å². The number of ether oxygens (including phenoxy) is 1. The summed E-state index contributed by atoms with van der Waals surface area (Å²) in [5.74, 6) is 0.504. The lowest BCUT2D eigenvalue weighted by Gasteiger charge is -2.13. The van der Waals surface area contributed by atoms with Crippen LogP contribution in [-0.2, 0) is 0 Å². The van der Waals surface area contributed by atoms with Gasteiger partial charge in [0.05, 0.1) is 22.7 Å². The van der Waals surface area contributed by atoms with Crippen molar-refractivity contribution in [1.29, 1.82) is 0 Å². The van der Waals surface area contributed by atoms with Gasteiger partial charge in [-0.15, -0.1) is 0 Å². The highest BCUT2D eigenvalue weighted by Crippen LogP contribution is 2.35. The maximum Gasteiger partial charge on any atom is 0.179 e. The van der Waals surface area contributed by atoms with E-state index in [2.05, 4.69) is 5.32 Å². The van der Waals surface area contributed by atoms with Gasteiger partial charge in [0.1, 0.15) is 0 Å². The average molecular weight is 302 g/mol. The van der Waals surface area contributed by atoms with Crippen LogP contribution in [0.2, 0.25) is 10.0 Å². The average Bonchev–Trinajstić information content (AvgIpc) is 2.90. The van der Waals surface area contributed by atoms with Gasteiger partial charge >= 0.3 is 0 Å². The summed E-state index contributed by atoms with van der Waals surface area (Å²) in [6.45, 7) is 3.44. The maximum atomic E-state index is 12.3. The molecular weight excluding hydrogens is 285 g/mol. The van der Waals surface area contributed by atoms with E-state index in [-0.39, 0.29) is 11.8 Å². The number of ketones is 1. The molecule has 0 aromatic heterocycles. The molecule has 0 aliphatic carbocycles. The largest absolute Gasteiger partial charge is 0.490 e. The van der Waals surface area contributed by atoms with Crippen LogP contribution in [0.3, 0.4) is 0 Å². The second-order valence-corrected chi connectivity index (χ2v) is 5.45. The highest BCUT2D eigenvalue weighted by atomic mass is 35.5. The molecule has 1 aromatic rings. The highest BCUT2D eigenvalue weighted by molar-refractivity contribution is 6.37. The van der Waals surface area contributed by atoms with Gasteiger partial charge in [-0.25, -0.2) is 0 Å². The topological polar surface area (TPSA) is 38.3 Å². The molecule has 3 nitrogen and oxygen atoms in total. The molecule has 5 heteroatoms. The number of hydrogen-bond donors (Lipinski definition) is 1. The van der Waals surface area contributed by atoms with E-state index >= 15 is 0 Å². The fraction of sp³-hybridized carbons (Fsp3) is 0.500. The van der Waals surface area contributed by atoms with Crippen molar-refractivity contribution in [3.05, 3.63) is 27.7 Å². The quantitative estimate of drug-likeness (QED) is 0.843. The fourth-order valence-corrected chi connectivity index (χ4v) is 2.75. The summed E-state index contributed by atoms with van der Waals surface area (Å²) in [5, 5.41) is 3.96. The van der Waals surface area contributed by atoms with Gasteiger partial charge in [0.15, 0.2) is 11.5 Å². The zero-order valence-corrected chi connectivity index (χ0v) is 12.4. The Labute approximate surface area is 123 Å². The molecule has 1 fully saturated rings. The molecule has 1 aromatic carbocycles. The van der Waals surface area contributed by atoms with Crippen molar-refractivity contribution >= 4 is 29.0 Å². The predicted octanol–water partition coefficient (Wildman–Crippen LogP) is 3.72. The Hall–Kier alpha value is -0.770. The van der Waals surface area contributed by atoms with E-state index in [0.717, 1.165) is 25.8 Å². The van der Waals surface area contributed by atoms with Gasteiger partial charge in [0.25, 0.3) is 0 Å². The third-order valence-corrected chi connectivity index (χ3v) is 3.67. The second kappa shape index (κ2) is 6.60. The second-order valence-electron chi connectivity index (χ2n) is 4.63.